The van der Waals surface area contributed by atoms with Gasteiger partial charge in [-0.1, -0.05) is 27.5 Å². The Balaban J connectivity index is 2.43. The summed E-state index contributed by atoms with van der Waals surface area (Å²) >= 11 is 9.31. The molecule has 0 unspecified atom stereocenters. The van der Waals surface area contributed by atoms with Crippen LogP contribution in [0.3, 0.4) is 0 Å². The molecule has 110 valence electrons. The fourth-order valence-electron chi connectivity index (χ4n) is 1.90. The molecule has 2 aromatic carbocycles. The smallest absolute Gasteiger partial charge is 0.259 e. The molecule has 0 fully saturated rings. The molecular weight excluding hydrogens is 364 g/mol. The molecule has 0 aliphatic carbocycles. The average molecular weight is 375 g/mol. The second-order valence-corrected chi connectivity index (χ2v) is 5.59. The molecule has 0 spiro atoms. The summed E-state index contributed by atoms with van der Waals surface area (Å²) in [5.74, 6) is -2.34. The molecule has 6 heteroatoms. The second-order valence-electron chi connectivity index (χ2n) is 4.27. The third-order valence-corrected chi connectivity index (χ3v) is 3.76. The second kappa shape index (κ2) is 6.54. The van der Waals surface area contributed by atoms with Crippen molar-refractivity contribution < 1.29 is 13.6 Å². The van der Waals surface area contributed by atoms with Crippen LogP contribution in [0.15, 0.2) is 40.9 Å². The standard InChI is InChI=1S/C15H11BrClF2NO/c1-2-20(10-4-6-13(18)14(19)8-10)15(21)11-7-9(16)3-5-12(11)17/h3-8H,2H2,1H3. The Hall–Kier alpha value is -1.46. The lowest BCUT2D eigenvalue weighted by Crippen LogP contribution is -2.31. The normalized spacial score (nSPS) is 10.5. The Bertz CT molecular complexity index is 693. The number of hydrogen-bond donors (Lipinski definition) is 0. The zero-order valence-electron chi connectivity index (χ0n) is 11.0. The summed E-state index contributed by atoms with van der Waals surface area (Å²) < 4.78 is 27.0. The molecular formula is C15H11BrClF2NO. The largest absolute Gasteiger partial charge is 0.308 e. The first kappa shape index (κ1) is 15.9. The van der Waals surface area contributed by atoms with Gasteiger partial charge in [-0.05, 0) is 37.3 Å². The van der Waals surface area contributed by atoms with Crippen molar-refractivity contribution in [1.82, 2.24) is 0 Å². The third kappa shape index (κ3) is 3.41. The van der Waals surface area contributed by atoms with Crippen molar-refractivity contribution in [2.75, 3.05) is 11.4 Å². The highest BCUT2D eigenvalue weighted by molar-refractivity contribution is 9.10. The van der Waals surface area contributed by atoms with Gasteiger partial charge in [-0.25, -0.2) is 8.78 Å². The van der Waals surface area contributed by atoms with Gasteiger partial charge < -0.3 is 4.90 Å². The lowest BCUT2D eigenvalue weighted by molar-refractivity contribution is 0.0988. The molecule has 2 rings (SSSR count). The van der Waals surface area contributed by atoms with E-state index in [1.807, 2.05) is 0 Å². The molecule has 0 saturated heterocycles. The Morgan fingerprint density at radius 3 is 2.52 bits per heavy atom. The Morgan fingerprint density at radius 1 is 1.19 bits per heavy atom. The summed E-state index contributed by atoms with van der Waals surface area (Å²) in [5, 5.41) is 0.296. The number of amides is 1. The van der Waals surface area contributed by atoms with E-state index in [9.17, 15) is 13.6 Å². The van der Waals surface area contributed by atoms with Crippen LogP contribution in [0.2, 0.25) is 5.02 Å². The van der Waals surface area contributed by atoms with Crippen LogP contribution in [0.5, 0.6) is 0 Å². The van der Waals surface area contributed by atoms with Crippen LogP contribution in [0, 0.1) is 11.6 Å². The fraction of sp³-hybridized carbons (Fsp3) is 0.133. The van der Waals surface area contributed by atoms with Gasteiger partial charge in [0.1, 0.15) is 0 Å². The van der Waals surface area contributed by atoms with E-state index in [0.29, 0.717) is 16.0 Å². The van der Waals surface area contributed by atoms with Gasteiger partial charge in [0, 0.05) is 22.8 Å². The molecule has 0 radical (unpaired) electrons. The van der Waals surface area contributed by atoms with E-state index in [1.165, 1.54) is 11.0 Å². The highest BCUT2D eigenvalue weighted by Crippen LogP contribution is 2.25. The molecule has 0 aliphatic rings. The Labute approximate surface area is 134 Å². The van der Waals surface area contributed by atoms with E-state index in [2.05, 4.69) is 15.9 Å². The number of anilines is 1. The quantitative estimate of drug-likeness (QED) is 0.736. The van der Waals surface area contributed by atoms with E-state index in [-0.39, 0.29) is 17.2 Å². The first-order chi connectivity index (χ1) is 9.93. The van der Waals surface area contributed by atoms with Gasteiger partial charge in [0.15, 0.2) is 11.6 Å². The summed E-state index contributed by atoms with van der Waals surface area (Å²) in [4.78, 5) is 13.9. The summed E-state index contributed by atoms with van der Waals surface area (Å²) in [7, 11) is 0. The van der Waals surface area contributed by atoms with Crippen LogP contribution in [0.4, 0.5) is 14.5 Å². The minimum Gasteiger partial charge on any atom is -0.308 e. The van der Waals surface area contributed by atoms with Crippen LogP contribution < -0.4 is 4.90 Å². The fourth-order valence-corrected chi connectivity index (χ4v) is 2.46. The number of carbonyl (C=O) groups is 1. The minimum atomic E-state index is -1.00. The maximum atomic E-state index is 13.3. The van der Waals surface area contributed by atoms with Crippen molar-refractivity contribution in [2.24, 2.45) is 0 Å². The number of rotatable bonds is 3. The predicted molar refractivity (Wildman–Crippen MR) is 82.9 cm³/mol. The van der Waals surface area contributed by atoms with E-state index in [0.717, 1.165) is 12.1 Å². The van der Waals surface area contributed by atoms with Gasteiger partial charge in [0.2, 0.25) is 0 Å². The maximum Gasteiger partial charge on any atom is 0.259 e. The molecule has 21 heavy (non-hydrogen) atoms. The van der Waals surface area contributed by atoms with Gasteiger partial charge in [-0.3, -0.25) is 4.79 Å². The van der Waals surface area contributed by atoms with E-state index in [1.54, 1.807) is 25.1 Å². The SMILES string of the molecule is CCN(C(=O)c1cc(Br)ccc1Cl)c1ccc(F)c(F)c1. The number of hydrogen-bond acceptors (Lipinski definition) is 1. The van der Waals surface area contributed by atoms with E-state index in [4.69, 9.17) is 11.6 Å². The number of benzene rings is 2. The van der Waals surface area contributed by atoms with E-state index >= 15 is 0 Å². The molecule has 0 N–H and O–H groups in total. The predicted octanol–water partition coefficient (Wildman–Crippen LogP) is 5.05. The lowest BCUT2D eigenvalue weighted by atomic mass is 10.1. The zero-order valence-corrected chi connectivity index (χ0v) is 13.4. The van der Waals surface area contributed by atoms with Crippen LogP contribution in [-0.4, -0.2) is 12.5 Å². The van der Waals surface area contributed by atoms with Gasteiger partial charge >= 0.3 is 0 Å². The molecule has 2 nitrogen and oxygen atoms in total. The molecule has 0 atom stereocenters. The monoisotopic (exact) mass is 373 g/mol. The topological polar surface area (TPSA) is 20.3 Å². The molecule has 0 aromatic heterocycles. The third-order valence-electron chi connectivity index (χ3n) is 2.94. The van der Waals surface area contributed by atoms with Crippen molar-refractivity contribution in [1.29, 1.82) is 0 Å². The van der Waals surface area contributed by atoms with Crippen LogP contribution >= 0.6 is 27.5 Å². The molecule has 1 amide bonds. The first-order valence-electron chi connectivity index (χ1n) is 6.16. The van der Waals surface area contributed by atoms with Crippen LogP contribution in [-0.2, 0) is 0 Å². The average Bonchev–Trinajstić information content (AvgIpc) is 2.46. The summed E-state index contributed by atoms with van der Waals surface area (Å²) in [6.07, 6.45) is 0. The first-order valence-corrected chi connectivity index (χ1v) is 7.33. The van der Waals surface area contributed by atoms with Gasteiger partial charge in [-0.15, -0.1) is 0 Å². The highest BCUT2D eigenvalue weighted by atomic mass is 79.9. The molecule has 0 aliphatic heterocycles. The minimum absolute atomic E-state index is 0.275. The van der Waals surface area contributed by atoms with Crippen molar-refractivity contribution >= 4 is 39.1 Å². The van der Waals surface area contributed by atoms with E-state index < -0.39 is 11.6 Å². The molecule has 0 saturated carbocycles. The number of carbonyl (C=O) groups excluding carboxylic acids is 1. The van der Waals surface area contributed by atoms with Crippen LogP contribution in [0.1, 0.15) is 17.3 Å². The Kier molecular flexibility index (Phi) is 4.96. The van der Waals surface area contributed by atoms with Gasteiger partial charge in [0.05, 0.1) is 10.6 Å². The van der Waals surface area contributed by atoms with Crippen molar-refractivity contribution in [3.05, 3.63) is 63.1 Å². The number of nitrogens with zero attached hydrogens (tertiary/aromatic N) is 1. The van der Waals surface area contributed by atoms with Crippen LogP contribution in [0.25, 0.3) is 0 Å². The van der Waals surface area contributed by atoms with Crippen molar-refractivity contribution in [2.45, 2.75) is 6.92 Å². The maximum absolute atomic E-state index is 13.3. The summed E-state index contributed by atoms with van der Waals surface area (Å²) in [6.45, 7) is 2.04. The lowest BCUT2D eigenvalue weighted by Gasteiger charge is -2.22. The summed E-state index contributed by atoms with van der Waals surface area (Å²) in [5.41, 5.74) is 0.565. The molecule has 2 aromatic rings. The number of halogens is 4. The van der Waals surface area contributed by atoms with Crippen molar-refractivity contribution in [3.8, 4) is 0 Å². The highest BCUT2D eigenvalue weighted by Gasteiger charge is 2.20. The summed E-state index contributed by atoms with van der Waals surface area (Å²) in [6, 6.07) is 8.23. The van der Waals surface area contributed by atoms with Crippen molar-refractivity contribution in [3.63, 3.8) is 0 Å². The zero-order chi connectivity index (χ0) is 15.6. The molecule has 0 bridgehead atoms. The van der Waals surface area contributed by atoms with Gasteiger partial charge in [0.25, 0.3) is 5.91 Å². The Morgan fingerprint density at radius 2 is 1.90 bits per heavy atom. The van der Waals surface area contributed by atoms with Gasteiger partial charge in [-0.2, -0.15) is 0 Å². The molecule has 0 heterocycles.